The number of rotatable bonds is 19. The summed E-state index contributed by atoms with van der Waals surface area (Å²) in [6, 6.07) is 14.2. The summed E-state index contributed by atoms with van der Waals surface area (Å²) < 4.78 is 16.9. The molecule has 0 aliphatic carbocycles. The molecule has 6 N–H and O–H groups in total. The van der Waals surface area contributed by atoms with Gasteiger partial charge in [-0.15, -0.1) is 0 Å². The summed E-state index contributed by atoms with van der Waals surface area (Å²) >= 11 is 0. The lowest BCUT2D eigenvalue weighted by Gasteiger charge is -2.31. The fraction of sp³-hybridized carbons (Fsp3) is 0.400. The molecule has 66 heavy (non-hydrogen) atoms. The van der Waals surface area contributed by atoms with Crippen molar-refractivity contribution in [2.45, 2.75) is 94.9 Å². The molecule has 356 valence electrons. The highest BCUT2D eigenvalue weighted by atomic mass is 16.7. The van der Waals surface area contributed by atoms with E-state index >= 15 is 0 Å². The van der Waals surface area contributed by atoms with Crippen LogP contribution in [0.3, 0.4) is 0 Å². The molecular weight excluding hydrogens is 859 g/mol. The van der Waals surface area contributed by atoms with Crippen molar-refractivity contribution in [3.8, 4) is 0 Å². The summed E-state index contributed by atoms with van der Waals surface area (Å²) in [5.41, 5.74) is 4.34. The third kappa shape index (κ3) is 18.2. The van der Waals surface area contributed by atoms with E-state index in [-0.39, 0.29) is 23.5 Å². The number of nitrogens with one attached hydrogen (secondary N) is 6. The first-order valence-electron chi connectivity index (χ1n) is 21.1. The summed E-state index contributed by atoms with van der Waals surface area (Å²) in [6.45, 7) is 16.5. The van der Waals surface area contributed by atoms with E-state index in [0.29, 0.717) is 70.2 Å². The number of ether oxygens (including phenoxy) is 3. The summed E-state index contributed by atoms with van der Waals surface area (Å²) in [4.78, 5) is 91.3. The highest BCUT2D eigenvalue weighted by Crippen LogP contribution is 2.28. The number of benzene rings is 3. The smallest absolute Gasteiger partial charge is 0.437 e. The van der Waals surface area contributed by atoms with Gasteiger partial charge in [0.1, 0.15) is 19.8 Å². The number of nitrogens with zero attached hydrogens (tertiary/aromatic N) is 3. The first-order chi connectivity index (χ1) is 31.4. The van der Waals surface area contributed by atoms with Gasteiger partial charge in [0.25, 0.3) is 0 Å². The van der Waals surface area contributed by atoms with Crippen molar-refractivity contribution in [3.05, 3.63) is 71.3 Å². The van der Waals surface area contributed by atoms with Crippen molar-refractivity contribution in [1.82, 2.24) is 0 Å². The highest BCUT2D eigenvalue weighted by molar-refractivity contribution is 5.93. The van der Waals surface area contributed by atoms with E-state index in [1.54, 1.807) is 84.9 Å². The predicted octanol–water partition coefficient (Wildman–Crippen LogP) is 11.1. The van der Waals surface area contributed by atoms with Gasteiger partial charge in [-0.05, 0) is 120 Å². The highest BCUT2D eigenvalue weighted by Gasteiger charge is 2.35. The van der Waals surface area contributed by atoms with Crippen molar-refractivity contribution < 1.29 is 57.5 Å². The third-order valence-electron chi connectivity index (χ3n) is 9.83. The minimum Gasteiger partial charge on any atom is -0.448 e. The number of oxime groups is 3. The summed E-state index contributed by atoms with van der Waals surface area (Å²) in [5, 5.41) is 26.8. The largest absolute Gasteiger partial charge is 0.448 e. The first-order valence-corrected chi connectivity index (χ1v) is 21.1. The summed E-state index contributed by atoms with van der Waals surface area (Å²) in [6.07, 6.45) is -3.27. The van der Waals surface area contributed by atoms with E-state index in [0.717, 1.165) is 0 Å². The molecule has 0 atom stereocenters. The van der Waals surface area contributed by atoms with Crippen molar-refractivity contribution in [3.63, 3.8) is 0 Å². The fourth-order valence-corrected chi connectivity index (χ4v) is 5.00. The van der Waals surface area contributed by atoms with Crippen LogP contribution in [-0.4, -0.2) is 73.5 Å². The number of amides is 6. The van der Waals surface area contributed by atoms with Crippen LogP contribution in [0.4, 0.5) is 62.9 Å². The molecule has 3 rings (SSSR count). The van der Waals surface area contributed by atoms with Crippen molar-refractivity contribution in [2.75, 3.05) is 51.7 Å². The molecule has 3 aromatic rings. The SMILES string of the molecule is CC/C(C)=N\OC(=O)Nc1cc(NC(=O)OCC(CC)(COC(=O)Nc2ccc(C)c(NC(=O)O/N=C(\C)CC)c2)COC(=O)Nc2ccc(C)c(NC(=O)O/N=C(\C)CC)c2)ccc1C. The monoisotopic (exact) mass is 917 g/mol. The standard InChI is InChI=1S/C45H59N9O12/c1-11-30(8)52-64-42(58)49-36-21-33(18-15-27(36)5)46-39(55)61-24-45(14-4,25-62-40(56)47-34-19-16-28(6)37(22-34)50-43(59)65-53-31(9)12-2)26-63-41(57)48-35-20-17-29(7)38(23-35)51-44(60)66-54-32(10)13-3/h15-23H,11-14,24-26H2,1-10H3,(H,46,55)(H,47,56)(H,48,57)(H,49,58)(H,50,59)(H,51,60)/b52-30-,53-31+,54-32+. The van der Waals surface area contributed by atoms with Crippen LogP contribution < -0.4 is 31.9 Å². The number of anilines is 6. The molecule has 0 unspecified atom stereocenters. The van der Waals surface area contributed by atoms with E-state index in [9.17, 15) is 28.8 Å². The Bertz CT molecular complexity index is 2060. The number of hydrogen-bond acceptors (Lipinski definition) is 15. The van der Waals surface area contributed by atoms with Crippen molar-refractivity contribution in [1.29, 1.82) is 0 Å². The lowest BCUT2D eigenvalue weighted by molar-refractivity contribution is -0.0104. The Kier molecular flexibility index (Phi) is 20.9. The quantitative estimate of drug-likeness (QED) is 0.0284. The van der Waals surface area contributed by atoms with Gasteiger partial charge >= 0.3 is 36.6 Å². The minimum atomic E-state index is -1.30. The van der Waals surface area contributed by atoms with Gasteiger partial charge in [0.05, 0.1) is 22.6 Å². The molecule has 0 aliphatic rings. The molecule has 0 saturated heterocycles. The molecular formula is C45H59N9O12. The van der Waals surface area contributed by atoms with Gasteiger partial charge in [0.2, 0.25) is 0 Å². The van der Waals surface area contributed by atoms with Gasteiger partial charge in [-0.25, -0.2) is 28.8 Å². The van der Waals surface area contributed by atoms with Crippen LogP contribution >= 0.6 is 0 Å². The lowest BCUT2D eigenvalue weighted by Crippen LogP contribution is -2.40. The Morgan fingerprint density at radius 1 is 0.439 bits per heavy atom. The molecule has 6 amide bonds. The molecule has 0 spiro atoms. The summed E-state index contributed by atoms with van der Waals surface area (Å²) in [7, 11) is 0. The van der Waals surface area contributed by atoms with Crippen LogP contribution in [-0.2, 0) is 28.7 Å². The van der Waals surface area contributed by atoms with Crippen LogP contribution in [0.25, 0.3) is 0 Å². The minimum absolute atomic E-state index is 0.170. The van der Waals surface area contributed by atoms with E-state index < -0.39 is 61.8 Å². The number of carbonyl (C=O) groups is 6. The Balaban J connectivity index is 1.77. The van der Waals surface area contributed by atoms with E-state index in [1.165, 1.54) is 18.2 Å². The Morgan fingerprint density at radius 2 is 0.712 bits per heavy atom. The van der Waals surface area contributed by atoms with E-state index in [2.05, 4.69) is 47.4 Å². The maximum Gasteiger partial charge on any atom is 0.437 e. The molecule has 0 saturated carbocycles. The second kappa shape index (κ2) is 26.2. The van der Waals surface area contributed by atoms with Gasteiger partial charge in [-0.2, -0.15) is 0 Å². The average Bonchev–Trinajstić information content (AvgIpc) is 3.29. The number of hydrogen-bond donors (Lipinski definition) is 6. The third-order valence-corrected chi connectivity index (χ3v) is 9.83. The maximum absolute atomic E-state index is 13.2. The van der Waals surface area contributed by atoms with E-state index in [4.69, 9.17) is 28.7 Å². The molecule has 3 aromatic carbocycles. The van der Waals surface area contributed by atoms with Gasteiger partial charge in [0.15, 0.2) is 0 Å². The van der Waals surface area contributed by atoms with Crippen LogP contribution in [0, 0.1) is 26.2 Å². The van der Waals surface area contributed by atoms with Crippen LogP contribution in [0.1, 0.15) is 90.8 Å². The molecule has 0 fully saturated rings. The summed E-state index contributed by atoms with van der Waals surface area (Å²) in [5.74, 6) is 0. The number of carbonyl (C=O) groups excluding carboxylic acids is 6. The average molecular weight is 918 g/mol. The Labute approximate surface area is 383 Å². The van der Waals surface area contributed by atoms with Crippen LogP contribution in [0.5, 0.6) is 0 Å². The Hall–Kier alpha value is -7.71. The maximum atomic E-state index is 13.2. The number of aryl methyl sites for hydroxylation is 3. The fourth-order valence-electron chi connectivity index (χ4n) is 5.00. The molecule has 0 heterocycles. The van der Waals surface area contributed by atoms with Gasteiger partial charge < -0.3 is 14.2 Å². The molecule has 0 aliphatic heterocycles. The Morgan fingerprint density at radius 3 is 0.955 bits per heavy atom. The van der Waals surface area contributed by atoms with Crippen molar-refractivity contribution >= 4 is 87.8 Å². The molecule has 21 heteroatoms. The van der Waals surface area contributed by atoms with Crippen molar-refractivity contribution in [2.24, 2.45) is 20.9 Å². The van der Waals surface area contributed by atoms with Crippen LogP contribution in [0.15, 0.2) is 70.1 Å². The van der Waals surface area contributed by atoms with Gasteiger partial charge in [-0.3, -0.25) is 46.4 Å². The lowest BCUT2D eigenvalue weighted by atomic mass is 9.88. The zero-order valence-electron chi connectivity index (χ0n) is 38.9. The topological polar surface area (TPSA) is 267 Å². The predicted molar refractivity (Wildman–Crippen MR) is 252 cm³/mol. The molecule has 0 aromatic heterocycles. The zero-order chi connectivity index (χ0) is 48.8. The second-order valence-corrected chi connectivity index (χ2v) is 15.1. The second-order valence-electron chi connectivity index (χ2n) is 15.1. The van der Waals surface area contributed by atoms with Gasteiger partial charge in [0, 0.05) is 34.1 Å². The molecule has 0 radical (unpaired) electrons. The van der Waals surface area contributed by atoms with Crippen LogP contribution in [0.2, 0.25) is 0 Å². The van der Waals surface area contributed by atoms with E-state index in [1.807, 2.05) is 20.8 Å². The molecule has 21 nitrogen and oxygen atoms in total. The first kappa shape index (κ1) is 52.6. The normalized spacial score (nSPS) is 11.6. The molecule has 0 bridgehead atoms. The zero-order valence-corrected chi connectivity index (χ0v) is 38.9. The van der Waals surface area contributed by atoms with Gasteiger partial charge in [-0.1, -0.05) is 61.4 Å².